The molecule has 7 aromatic rings. The second-order valence-corrected chi connectivity index (χ2v) is 13.0. The first kappa shape index (κ1) is 34.0. The van der Waals surface area contributed by atoms with Gasteiger partial charge in [-0.05, 0) is 68.1 Å². The molecule has 2 N–H and O–H groups in total. The average molecular weight is 671 g/mol. The minimum Gasteiger partial charge on any atom is -0.400 e. The summed E-state index contributed by atoms with van der Waals surface area (Å²) in [6, 6.07) is 61.0. The Kier molecular flexibility index (Phi) is 10.2. The van der Waals surface area contributed by atoms with Crippen molar-refractivity contribution >= 4 is 23.4 Å². The van der Waals surface area contributed by atoms with Gasteiger partial charge in [-0.2, -0.15) is 0 Å². The van der Waals surface area contributed by atoms with Gasteiger partial charge in [-0.3, -0.25) is 0 Å². The van der Waals surface area contributed by atoms with Crippen LogP contribution in [0.2, 0.25) is 0 Å². The van der Waals surface area contributed by atoms with Crippen molar-refractivity contribution in [1.82, 2.24) is 4.98 Å². The number of nitrogens with two attached hydrogens (primary N) is 1. The van der Waals surface area contributed by atoms with E-state index in [1.807, 2.05) is 24.3 Å². The monoisotopic (exact) mass is 670 g/mol. The van der Waals surface area contributed by atoms with Gasteiger partial charge < -0.3 is 5.73 Å². The van der Waals surface area contributed by atoms with Crippen molar-refractivity contribution in [3.8, 4) is 44.6 Å². The van der Waals surface area contributed by atoms with Crippen molar-refractivity contribution in [1.29, 1.82) is 0 Å². The van der Waals surface area contributed by atoms with Gasteiger partial charge in [0.15, 0.2) is 0 Å². The molecular weight excluding hydrogens is 629 g/mol. The van der Waals surface area contributed by atoms with Crippen molar-refractivity contribution in [2.45, 2.75) is 13.3 Å². The number of benzene rings is 6. The molecule has 0 saturated carbocycles. The first-order valence-electron chi connectivity index (χ1n) is 17.8. The Labute approximate surface area is 307 Å². The fourth-order valence-electron chi connectivity index (χ4n) is 6.86. The molecule has 0 aliphatic rings. The van der Waals surface area contributed by atoms with Crippen LogP contribution in [0.5, 0.6) is 0 Å². The van der Waals surface area contributed by atoms with Crippen LogP contribution in [0, 0.1) is 5.92 Å². The molecule has 52 heavy (non-hydrogen) atoms. The van der Waals surface area contributed by atoms with Crippen LogP contribution in [0.3, 0.4) is 0 Å². The Hall–Kier alpha value is -6.51. The van der Waals surface area contributed by atoms with Gasteiger partial charge in [0.05, 0.1) is 11.0 Å². The lowest BCUT2D eigenvalue weighted by molar-refractivity contribution is 0.791. The van der Waals surface area contributed by atoms with E-state index in [-0.39, 0.29) is 5.92 Å². The van der Waals surface area contributed by atoms with Crippen LogP contribution in [0.15, 0.2) is 189 Å². The molecule has 1 heterocycles. The highest BCUT2D eigenvalue weighted by Gasteiger charge is 2.20. The molecule has 2 heteroatoms. The molecule has 0 fully saturated rings. The van der Waals surface area contributed by atoms with E-state index in [0.717, 1.165) is 67.2 Å². The molecule has 0 amide bonds. The standard InChI is InChI=1S/C50H42N2/c1-4-45(47(43-23-15-8-16-24-43)33-35(2)37-25-27-40(28-26-37)38-17-9-5-10-18-38)49(51)50-36(3)46(42-21-13-7-14-22-42)34-48(52-50)44-31-29-41(30-32-44)39-19-11-6-12-20-39/h5-34,45H,2-4,51H2,1H3/b47-33-,50-49-. The molecule has 1 unspecified atom stereocenters. The largest absolute Gasteiger partial charge is 0.400 e. The van der Waals surface area contributed by atoms with E-state index in [1.165, 1.54) is 16.7 Å². The normalized spacial score (nSPS) is 12.6. The van der Waals surface area contributed by atoms with E-state index in [4.69, 9.17) is 10.7 Å². The van der Waals surface area contributed by atoms with Gasteiger partial charge in [0, 0.05) is 22.4 Å². The average Bonchev–Trinajstić information content (AvgIpc) is 3.22. The third-order valence-electron chi connectivity index (χ3n) is 9.73. The van der Waals surface area contributed by atoms with Crippen LogP contribution in [0.1, 0.15) is 24.5 Å². The van der Waals surface area contributed by atoms with Gasteiger partial charge in [0.2, 0.25) is 0 Å². The number of hydrogen-bond acceptors (Lipinski definition) is 2. The Bertz CT molecular complexity index is 2430. The van der Waals surface area contributed by atoms with E-state index >= 15 is 0 Å². The van der Waals surface area contributed by atoms with Crippen LogP contribution in [-0.4, -0.2) is 4.98 Å². The summed E-state index contributed by atoms with van der Waals surface area (Å²) in [4.78, 5) is 5.28. The maximum absolute atomic E-state index is 7.33. The van der Waals surface area contributed by atoms with Crippen molar-refractivity contribution < 1.29 is 0 Å². The quantitative estimate of drug-likeness (QED) is 0.147. The second kappa shape index (κ2) is 15.6. The fraction of sp³-hybridized carbons (Fsp3) is 0.0600. The zero-order valence-corrected chi connectivity index (χ0v) is 29.5. The molecule has 0 aliphatic heterocycles. The first-order valence-corrected chi connectivity index (χ1v) is 17.8. The smallest absolute Gasteiger partial charge is 0.0903 e. The Morgan fingerprint density at radius 1 is 0.577 bits per heavy atom. The Morgan fingerprint density at radius 3 is 1.54 bits per heavy atom. The van der Waals surface area contributed by atoms with Crippen molar-refractivity contribution in [3.05, 3.63) is 210 Å². The van der Waals surface area contributed by atoms with Crippen LogP contribution in [0.4, 0.5) is 0 Å². The van der Waals surface area contributed by atoms with Gasteiger partial charge in [-0.25, -0.2) is 4.98 Å². The van der Waals surface area contributed by atoms with E-state index < -0.39 is 0 Å². The van der Waals surface area contributed by atoms with Gasteiger partial charge in [0.1, 0.15) is 0 Å². The molecule has 0 bridgehead atoms. The highest BCUT2D eigenvalue weighted by Crippen LogP contribution is 2.34. The van der Waals surface area contributed by atoms with Crippen molar-refractivity contribution in [2.24, 2.45) is 11.7 Å². The summed E-state index contributed by atoms with van der Waals surface area (Å²) in [7, 11) is 0. The van der Waals surface area contributed by atoms with Crippen LogP contribution in [0.25, 0.3) is 68.1 Å². The van der Waals surface area contributed by atoms with Gasteiger partial charge in [-0.15, -0.1) is 0 Å². The summed E-state index contributed by atoms with van der Waals surface area (Å²) in [6.45, 7) is 11.3. The summed E-state index contributed by atoms with van der Waals surface area (Å²) in [6.07, 6.45) is 2.96. The maximum atomic E-state index is 7.33. The SMILES string of the molecule is C=C(/C=C(/c1ccccc1)C(CC)/C(N)=c1/nc(-c2ccc(-c3ccccc3)cc2)cc(-c2ccccc2)c1=C)c1ccc(-c2ccccc2)cc1. The maximum Gasteiger partial charge on any atom is 0.0903 e. The van der Waals surface area contributed by atoms with Crippen molar-refractivity contribution in [3.63, 3.8) is 0 Å². The lowest BCUT2D eigenvalue weighted by atomic mass is 9.85. The van der Waals surface area contributed by atoms with Crippen LogP contribution in [-0.2, 0) is 0 Å². The molecule has 0 aliphatic carbocycles. The highest BCUT2D eigenvalue weighted by molar-refractivity contribution is 5.87. The topological polar surface area (TPSA) is 38.9 Å². The molecule has 252 valence electrons. The second-order valence-electron chi connectivity index (χ2n) is 13.0. The number of aromatic nitrogens is 1. The minimum absolute atomic E-state index is 0.143. The van der Waals surface area contributed by atoms with E-state index in [2.05, 4.69) is 178 Å². The first-order chi connectivity index (χ1) is 25.5. The summed E-state index contributed by atoms with van der Waals surface area (Å²) in [5, 5.41) is 1.53. The van der Waals surface area contributed by atoms with Gasteiger partial charge >= 0.3 is 0 Å². The number of allylic oxidation sites excluding steroid dienone is 2. The molecule has 0 spiro atoms. The molecule has 0 saturated heterocycles. The predicted molar refractivity (Wildman–Crippen MR) is 222 cm³/mol. The summed E-state index contributed by atoms with van der Waals surface area (Å²) in [5.74, 6) is -0.143. The van der Waals surface area contributed by atoms with Crippen LogP contribution < -0.4 is 16.3 Å². The summed E-state index contributed by atoms with van der Waals surface area (Å²) >= 11 is 0. The van der Waals surface area contributed by atoms with E-state index in [9.17, 15) is 0 Å². The fourth-order valence-corrected chi connectivity index (χ4v) is 6.86. The van der Waals surface area contributed by atoms with Gasteiger partial charge in [0.25, 0.3) is 0 Å². The third kappa shape index (κ3) is 7.33. The summed E-state index contributed by atoms with van der Waals surface area (Å²) in [5.41, 5.74) is 20.8. The highest BCUT2D eigenvalue weighted by atomic mass is 14.7. The zero-order chi connectivity index (χ0) is 35.9. The Balaban J connectivity index is 1.35. The molecule has 1 aromatic heterocycles. The molecule has 0 radical (unpaired) electrons. The molecule has 1 atom stereocenters. The molecular formula is C50H42N2. The number of nitrogens with zero attached hydrogens (tertiary/aromatic N) is 1. The number of hydrogen-bond donors (Lipinski definition) is 1. The number of rotatable bonds is 10. The lowest BCUT2D eigenvalue weighted by Gasteiger charge is -2.22. The third-order valence-corrected chi connectivity index (χ3v) is 9.73. The number of pyridine rings is 1. The molecule has 7 rings (SSSR count). The minimum atomic E-state index is -0.143. The van der Waals surface area contributed by atoms with E-state index in [0.29, 0.717) is 5.70 Å². The van der Waals surface area contributed by atoms with Gasteiger partial charge in [-0.1, -0.05) is 196 Å². The van der Waals surface area contributed by atoms with Crippen molar-refractivity contribution in [2.75, 3.05) is 0 Å². The Morgan fingerprint density at radius 2 is 1.02 bits per heavy atom. The van der Waals surface area contributed by atoms with E-state index in [1.54, 1.807) is 0 Å². The zero-order valence-electron chi connectivity index (χ0n) is 29.5. The molecule has 2 nitrogen and oxygen atoms in total. The van der Waals surface area contributed by atoms with Crippen LogP contribution >= 0.6 is 0 Å². The lowest BCUT2D eigenvalue weighted by Crippen LogP contribution is -2.36. The molecule has 6 aromatic carbocycles. The summed E-state index contributed by atoms with van der Waals surface area (Å²) < 4.78 is 0. The predicted octanol–water partition coefficient (Wildman–Crippen LogP) is 11.0.